The number of para-hydroxylation sites is 1. The third-order valence-electron chi connectivity index (χ3n) is 7.08. The number of rotatable bonds is 7. The molecule has 2 aliphatic heterocycles. The number of benzene rings is 3. The number of carbonyl (C=O) groups is 4. The summed E-state index contributed by atoms with van der Waals surface area (Å²) in [6, 6.07) is 15.6. The van der Waals surface area contributed by atoms with Crippen molar-refractivity contribution in [2.45, 2.75) is 33.1 Å². The number of anilines is 2. The van der Waals surface area contributed by atoms with Crippen molar-refractivity contribution in [2.75, 3.05) is 16.3 Å². The normalized spacial score (nSPS) is 16.6. The molecular weight excluding hydrogens is 502 g/mol. The van der Waals surface area contributed by atoms with Crippen LogP contribution in [-0.2, 0) is 22.4 Å². The minimum absolute atomic E-state index is 0.00179. The summed E-state index contributed by atoms with van der Waals surface area (Å²) in [6.07, 6.45) is 1.49. The number of nitro groups is 1. The molecule has 39 heavy (non-hydrogen) atoms. The first kappa shape index (κ1) is 25.8. The Hall–Kier alpha value is -4.86. The van der Waals surface area contributed by atoms with Crippen LogP contribution < -0.4 is 14.5 Å². The molecule has 0 N–H and O–H groups in total. The topological polar surface area (TPSA) is 127 Å². The molecule has 0 saturated carbocycles. The molecule has 0 radical (unpaired) electrons. The number of nitro benzene ring substituents is 1. The summed E-state index contributed by atoms with van der Waals surface area (Å²) in [5.41, 5.74) is 2.22. The number of esters is 1. The Morgan fingerprint density at radius 2 is 1.64 bits per heavy atom. The van der Waals surface area contributed by atoms with Gasteiger partial charge in [-0.25, -0.2) is 4.90 Å². The SMILES string of the molecule is CCc1cccc(CC)c1N1C[C@@H](C(=O)Oc2cccc(N3C(=O)c4cccc([N+](=O)[O-])c4C3=O)c2)CC1=O. The summed E-state index contributed by atoms with van der Waals surface area (Å²) in [7, 11) is 0. The first-order valence-corrected chi connectivity index (χ1v) is 12.6. The standard InChI is InChI=1S/C29H25N3O7/c1-3-17-8-5-9-18(4-2)26(17)30-16-19(14-24(30)33)29(36)39-21-11-6-10-20(15-21)31-27(34)22-12-7-13-23(32(37)38)25(22)28(31)35/h5-13,15,19H,3-4,14,16H2,1-2H3/t19-/m0/s1. The third-order valence-corrected chi connectivity index (χ3v) is 7.08. The fourth-order valence-corrected chi connectivity index (χ4v) is 5.18. The molecule has 0 aliphatic carbocycles. The lowest BCUT2D eigenvalue weighted by Gasteiger charge is -2.23. The Balaban J connectivity index is 1.36. The Morgan fingerprint density at radius 1 is 0.974 bits per heavy atom. The minimum Gasteiger partial charge on any atom is -0.426 e. The summed E-state index contributed by atoms with van der Waals surface area (Å²) >= 11 is 0. The van der Waals surface area contributed by atoms with Crippen molar-refractivity contribution >= 4 is 40.8 Å². The number of imide groups is 1. The maximum Gasteiger partial charge on any atom is 0.316 e. The predicted octanol–water partition coefficient (Wildman–Crippen LogP) is 4.48. The van der Waals surface area contributed by atoms with Gasteiger partial charge in [0.05, 0.1) is 22.1 Å². The van der Waals surface area contributed by atoms with Crippen LogP contribution in [0.25, 0.3) is 0 Å². The van der Waals surface area contributed by atoms with Crippen molar-refractivity contribution in [3.05, 3.63) is 93.0 Å². The van der Waals surface area contributed by atoms with Crippen LogP contribution in [0.2, 0.25) is 0 Å². The molecule has 0 spiro atoms. The van der Waals surface area contributed by atoms with Gasteiger partial charge in [0, 0.05) is 30.8 Å². The lowest BCUT2D eigenvalue weighted by atomic mass is 10.0. The van der Waals surface area contributed by atoms with E-state index in [2.05, 4.69) is 0 Å². The molecule has 3 aromatic carbocycles. The van der Waals surface area contributed by atoms with E-state index < -0.39 is 34.3 Å². The van der Waals surface area contributed by atoms with Crippen LogP contribution in [0.1, 0.15) is 52.1 Å². The van der Waals surface area contributed by atoms with Crippen LogP contribution in [0.3, 0.4) is 0 Å². The van der Waals surface area contributed by atoms with Crippen LogP contribution in [0.4, 0.5) is 17.1 Å². The number of ether oxygens (including phenoxy) is 1. The highest BCUT2D eigenvalue weighted by Gasteiger charge is 2.42. The molecule has 0 unspecified atom stereocenters. The average molecular weight is 528 g/mol. The molecule has 0 bridgehead atoms. The highest BCUT2D eigenvalue weighted by atomic mass is 16.6. The molecule has 5 rings (SSSR count). The summed E-state index contributed by atoms with van der Waals surface area (Å²) in [4.78, 5) is 65.2. The average Bonchev–Trinajstić information content (AvgIpc) is 3.44. The Morgan fingerprint density at radius 3 is 2.31 bits per heavy atom. The van der Waals surface area contributed by atoms with Crippen molar-refractivity contribution in [3.63, 3.8) is 0 Å². The number of amides is 3. The molecule has 10 nitrogen and oxygen atoms in total. The van der Waals surface area contributed by atoms with E-state index in [1.165, 1.54) is 42.5 Å². The fourth-order valence-electron chi connectivity index (χ4n) is 5.18. The maximum absolute atomic E-state index is 13.1. The number of hydrogen-bond donors (Lipinski definition) is 0. The molecular formula is C29H25N3O7. The van der Waals surface area contributed by atoms with Gasteiger partial charge in [0.25, 0.3) is 17.5 Å². The lowest BCUT2D eigenvalue weighted by molar-refractivity contribution is -0.385. The molecule has 3 aromatic rings. The van der Waals surface area contributed by atoms with Crippen molar-refractivity contribution in [1.29, 1.82) is 0 Å². The van der Waals surface area contributed by atoms with Gasteiger partial charge >= 0.3 is 5.97 Å². The molecule has 2 aliphatic rings. The van der Waals surface area contributed by atoms with E-state index in [1.807, 2.05) is 32.0 Å². The van der Waals surface area contributed by atoms with E-state index in [-0.39, 0.29) is 41.4 Å². The summed E-state index contributed by atoms with van der Waals surface area (Å²) in [5.74, 6) is -2.91. The highest BCUT2D eigenvalue weighted by Crippen LogP contribution is 2.36. The zero-order valence-corrected chi connectivity index (χ0v) is 21.4. The fraction of sp³-hybridized carbons (Fsp3) is 0.241. The molecule has 2 heterocycles. The van der Waals surface area contributed by atoms with Crippen LogP contribution >= 0.6 is 0 Å². The first-order valence-electron chi connectivity index (χ1n) is 12.6. The van der Waals surface area contributed by atoms with Gasteiger partial charge in [0.2, 0.25) is 5.91 Å². The monoisotopic (exact) mass is 527 g/mol. The van der Waals surface area contributed by atoms with E-state index in [0.29, 0.717) is 0 Å². The van der Waals surface area contributed by atoms with Gasteiger partial charge in [-0.3, -0.25) is 29.3 Å². The zero-order valence-electron chi connectivity index (χ0n) is 21.4. The van der Waals surface area contributed by atoms with E-state index in [0.717, 1.165) is 34.6 Å². The van der Waals surface area contributed by atoms with Crippen LogP contribution in [0, 0.1) is 16.0 Å². The molecule has 1 saturated heterocycles. The number of carbonyl (C=O) groups excluding carboxylic acids is 4. The molecule has 1 atom stereocenters. The van der Waals surface area contributed by atoms with Gasteiger partial charge in [-0.1, -0.05) is 44.2 Å². The van der Waals surface area contributed by atoms with Gasteiger partial charge < -0.3 is 9.64 Å². The Bertz CT molecular complexity index is 1530. The largest absolute Gasteiger partial charge is 0.426 e. The summed E-state index contributed by atoms with van der Waals surface area (Å²) < 4.78 is 5.58. The highest BCUT2D eigenvalue weighted by molar-refractivity contribution is 6.35. The number of hydrogen-bond acceptors (Lipinski definition) is 7. The van der Waals surface area contributed by atoms with Gasteiger partial charge in [-0.2, -0.15) is 0 Å². The molecule has 1 fully saturated rings. The molecule has 3 amide bonds. The van der Waals surface area contributed by atoms with Crippen molar-refractivity contribution in [1.82, 2.24) is 0 Å². The number of nitrogens with zero attached hydrogens (tertiary/aromatic N) is 3. The quantitative estimate of drug-likeness (QED) is 0.146. The summed E-state index contributed by atoms with van der Waals surface area (Å²) in [5, 5.41) is 11.4. The van der Waals surface area contributed by atoms with E-state index in [4.69, 9.17) is 4.74 Å². The Kier molecular flexibility index (Phi) is 6.69. The van der Waals surface area contributed by atoms with Crippen LogP contribution in [0.15, 0.2) is 60.7 Å². The van der Waals surface area contributed by atoms with Crippen LogP contribution in [-0.4, -0.2) is 35.2 Å². The van der Waals surface area contributed by atoms with E-state index >= 15 is 0 Å². The predicted molar refractivity (Wildman–Crippen MR) is 142 cm³/mol. The van der Waals surface area contributed by atoms with E-state index in [9.17, 15) is 29.3 Å². The second-order valence-corrected chi connectivity index (χ2v) is 9.36. The van der Waals surface area contributed by atoms with Crippen molar-refractivity contribution < 1.29 is 28.8 Å². The smallest absolute Gasteiger partial charge is 0.316 e. The maximum atomic E-state index is 13.1. The first-order chi connectivity index (χ1) is 18.7. The minimum atomic E-state index is -0.830. The third kappa shape index (κ3) is 4.43. The van der Waals surface area contributed by atoms with Crippen molar-refractivity contribution in [2.24, 2.45) is 5.92 Å². The van der Waals surface area contributed by atoms with Gasteiger partial charge in [-0.15, -0.1) is 0 Å². The van der Waals surface area contributed by atoms with Gasteiger partial charge in [0.15, 0.2) is 0 Å². The second-order valence-electron chi connectivity index (χ2n) is 9.36. The lowest BCUT2D eigenvalue weighted by Crippen LogP contribution is -2.30. The number of fused-ring (bicyclic) bond motifs is 1. The molecule has 0 aromatic heterocycles. The van der Waals surface area contributed by atoms with Gasteiger partial charge in [-0.05, 0) is 42.2 Å². The molecule has 10 heteroatoms. The van der Waals surface area contributed by atoms with Crippen LogP contribution in [0.5, 0.6) is 5.75 Å². The van der Waals surface area contributed by atoms with Crippen molar-refractivity contribution in [3.8, 4) is 5.75 Å². The van der Waals surface area contributed by atoms with Gasteiger partial charge in [0.1, 0.15) is 11.3 Å². The molecule has 198 valence electrons. The summed E-state index contributed by atoms with van der Waals surface area (Å²) in [6.45, 7) is 4.22. The Labute approximate surface area is 223 Å². The zero-order chi connectivity index (χ0) is 27.8. The number of aryl methyl sites for hydroxylation is 2. The van der Waals surface area contributed by atoms with E-state index in [1.54, 1.807) is 4.90 Å². The second kappa shape index (κ2) is 10.1.